The number of nitrogens with zero attached hydrogens (tertiary/aromatic N) is 4. The second kappa shape index (κ2) is 9.35. The normalized spacial score (nSPS) is 11.2. The predicted octanol–water partition coefficient (Wildman–Crippen LogP) is 6.48. The number of amides is 1. The molecule has 0 unspecified atom stereocenters. The molecule has 8 heteroatoms. The molecule has 186 valence electrons. The van der Waals surface area contributed by atoms with E-state index in [1.165, 1.54) is 0 Å². The highest BCUT2D eigenvalue weighted by atomic mass is 16.1. The van der Waals surface area contributed by atoms with Crippen molar-refractivity contribution in [3.05, 3.63) is 115 Å². The maximum Gasteiger partial charge on any atom is 0.255 e. The highest BCUT2D eigenvalue weighted by molar-refractivity contribution is 6.04. The molecule has 1 amide bonds. The molecule has 0 saturated carbocycles. The highest BCUT2D eigenvalue weighted by Gasteiger charge is 2.15. The van der Waals surface area contributed by atoms with Crippen molar-refractivity contribution >= 4 is 33.5 Å². The first-order chi connectivity index (χ1) is 19.2. The molecule has 7 rings (SSSR count). The number of anilines is 1. The van der Waals surface area contributed by atoms with Crippen LogP contribution in [0.1, 0.15) is 10.4 Å². The topological polar surface area (TPSA) is 112 Å². The number of aromatic nitrogens is 6. The molecular weight excluding hydrogens is 486 g/mol. The van der Waals surface area contributed by atoms with Gasteiger partial charge in [-0.1, -0.05) is 24.3 Å². The summed E-state index contributed by atoms with van der Waals surface area (Å²) in [6.07, 6.45) is 8.80. The third kappa shape index (κ3) is 4.19. The van der Waals surface area contributed by atoms with Gasteiger partial charge in [-0.3, -0.25) is 19.9 Å². The fourth-order valence-corrected chi connectivity index (χ4v) is 4.80. The zero-order chi connectivity index (χ0) is 26.2. The van der Waals surface area contributed by atoms with Gasteiger partial charge < -0.3 is 10.3 Å². The number of fused-ring (bicyclic) bond motifs is 2. The minimum atomic E-state index is -0.180. The second-order valence-corrected chi connectivity index (χ2v) is 9.15. The predicted molar refractivity (Wildman–Crippen MR) is 152 cm³/mol. The zero-order valence-corrected chi connectivity index (χ0v) is 20.6. The average Bonchev–Trinajstić information content (AvgIpc) is 3.62. The van der Waals surface area contributed by atoms with Crippen LogP contribution in [0.15, 0.2) is 110 Å². The van der Waals surface area contributed by atoms with Crippen LogP contribution in [0.25, 0.3) is 55.6 Å². The molecule has 0 aliphatic rings. The SMILES string of the molecule is O=C(Nc1cncc(-c2ccc3[nH]nc(-c4cc5c(-c6ccncc6)ccnc5[nH]4)c3c2)c1)c1ccccc1. The molecule has 0 aliphatic heterocycles. The lowest BCUT2D eigenvalue weighted by molar-refractivity contribution is 0.102. The van der Waals surface area contributed by atoms with Crippen LogP contribution in [0, 0.1) is 0 Å². The molecule has 7 aromatic rings. The van der Waals surface area contributed by atoms with E-state index in [1.54, 1.807) is 43.1 Å². The third-order valence-electron chi connectivity index (χ3n) is 6.71. The molecule has 3 N–H and O–H groups in total. The van der Waals surface area contributed by atoms with Crippen LogP contribution in [0.3, 0.4) is 0 Å². The van der Waals surface area contributed by atoms with Crippen molar-refractivity contribution in [1.29, 1.82) is 0 Å². The van der Waals surface area contributed by atoms with E-state index in [2.05, 4.69) is 47.6 Å². The fourth-order valence-electron chi connectivity index (χ4n) is 4.80. The molecule has 0 bridgehead atoms. The Bertz CT molecular complexity index is 1960. The Labute approximate surface area is 222 Å². The molecule has 0 saturated heterocycles. The summed E-state index contributed by atoms with van der Waals surface area (Å²) in [5.41, 5.74) is 8.57. The van der Waals surface area contributed by atoms with Gasteiger partial charge >= 0.3 is 0 Å². The number of carbonyl (C=O) groups is 1. The maximum absolute atomic E-state index is 12.6. The number of aromatic amines is 2. The number of pyridine rings is 3. The summed E-state index contributed by atoms with van der Waals surface area (Å²) >= 11 is 0. The van der Waals surface area contributed by atoms with Crippen LogP contribution in [-0.4, -0.2) is 36.0 Å². The van der Waals surface area contributed by atoms with Crippen molar-refractivity contribution < 1.29 is 4.79 Å². The summed E-state index contributed by atoms with van der Waals surface area (Å²) in [4.78, 5) is 29.1. The minimum Gasteiger partial charge on any atom is -0.338 e. The van der Waals surface area contributed by atoms with Crippen molar-refractivity contribution in [3.8, 4) is 33.6 Å². The van der Waals surface area contributed by atoms with Crippen molar-refractivity contribution in [1.82, 2.24) is 30.1 Å². The van der Waals surface area contributed by atoms with Crippen molar-refractivity contribution in [2.75, 3.05) is 5.32 Å². The molecule has 5 aromatic heterocycles. The number of hydrogen-bond acceptors (Lipinski definition) is 5. The molecule has 0 fully saturated rings. The van der Waals surface area contributed by atoms with Crippen molar-refractivity contribution in [3.63, 3.8) is 0 Å². The maximum atomic E-state index is 12.6. The van der Waals surface area contributed by atoms with Crippen LogP contribution in [0.4, 0.5) is 5.69 Å². The lowest BCUT2D eigenvalue weighted by Gasteiger charge is -2.08. The molecule has 5 heterocycles. The summed E-state index contributed by atoms with van der Waals surface area (Å²) in [6.45, 7) is 0. The van der Waals surface area contributed by atoms with Crippen LogP contribution in [-0.2, 0) is 0 Å². The molecule has 0 aliphatic carbocycles. The van der Waals surface area contributed by atoms with E-state index in [9.17, 15) is 4.79 Å². The van der Waals surface area contributed by atoms with Gasteiger partial charge in [0.15, 0.2) is 0 Å². The summed E-state index contributed by atoms with van der Waals surface area (Å²) in [5.74, 6) is -0.180. The standard InChI is InChI=1S/C31H21N7O/c39-31(20-4-2-1-3-5-20)35-23-14-22(17-33-18-23)21-6-7-27-26(15-21)29(38-37-27)28-16-25-24(10-13-34-30(25)36-28)19-8-11-32-12-9-19/h1-18H,(H,34,36)(H,35,39)(H,37,38). The van der Waals surface area contributed by atoms with E-state index < -0.39 is 0 Å². The first kappa shape index (κ1) is 22.6. The number of nitrogens with one attached hydrogen (secondary N) is 3. The first-order valence-corrected chi connectivity index (χ1v) is 12.4. The fraction of sp³-hybridized carbons (Fsp3) is 0. The van der Waals surface area contributed by atoms with Gasteiger partial charge in [-0.05, 0) is 71.3 Å². The smallest absolute Gasteiger partial charge is 0.255 e. The number of carbonyl (C=O) groups excluding carboxylic acids is 1. The van der Waals surface area contributed by atoms with E-state index in [0.29, 0.717) is 11.3 Å². The van der Waals surface area contributed by atoms with Gasteiger partial charge in [0.25, 0.3) is 5.91 Å². The second-order valence-electron chi connectivity index (χ2n) is 9.15. The van der Waals surface area contributed by atoms with Crippen LogP contribution in [0.2, 0.25) is 0 Å². The lowest BCUT2D eigenvalue weighted by Crippen LogP contribution is -2.11. The number of hydrogen-bond donors (Lipinski definition) is 3. The first-order valence-electron chi connectivity index (χ1n) is 12.4. The van der Waals surface area contributed by atoms with E-state index in [-0.39, 0.29) is 5.91 Å². The lowest BCUT2D eigenvalue weighted by atomic mass is 10.0. The van der Waals surface area contributed by atoms with Gasteiger partial charge in [0.1, 0.15) is 11.3 Å². The number of rotatable bonds is 5. The zero-order valence-electron chi connectivity index (χ0n) is 20.6. The third-order valence-corrected chi connectivity index (χ3v) is 6.71. The summed E-state index contributed by atoms with van der Waals surface area (Å²) in [6, 6.07) is 25.2. The Hall–Kier alpha value is -5.63. The molecule has 39 heavy (non-hydrogen) atoms. The molecule has 0 radical (unpaired) electrons. The number of H-pyrrole nitrogens is 2. The highest BCUT2D eigenvalue weighted by Crippen LogP contribution is 2.34. The average molecular weight is 508 g/mol. The molecule has 0 spiro atoms. The summed E-state index contributed by atoms with van der Waals surface area (Å²) in [7, 11) is 0. The van der Waals surface area contributed by atoms with E-state index in [0.717, 1.165) is 55.6 Å². The monoisotopic (exact) mass is 507 g/mol. The quantitative estimate of drug-likeness (QED) is 0.247. The van der Waals surface area contributed by atoms with Gasteiger partial charge in [0, 0.05) is 46.7 Å². The molecule has 0 atom stereocenters. The minimum absolute atomic E-state index is 0.180. The van der Waals surface area contributed by atoms with Gasteiger partial charge in [0.05, 0.1) is 23.1 Å². The van der Waals surface area contributed by atoms with Gasteiger partial charge in [-0.2, -0.15) is 5.10 Å². The Morgan fingerprint density at radius 3 is 2.49 bits per heavy atom. The van der Waals surface area contributed by atoms with Crippen LogP contribution >= 0.6 is 0 Å². The van der Waals surface area contributed by atoms with Crippen LogP contribution < -0.4 is 5.32 Å². The number of benzene rings is 2. The Morgan fingerprint density at radius 1 is 0.744 bits per heavy atom. The van der Waals surface area contributed by atoms with Crippen LogP contribution in [0.5, 0.6) is 0 Å². The summed E-state index contributed by atoms with van der Waals surface area (Å²) in [5, 5.41) is 12.7. The summed E-state index contributed by atoms with van der Waals surface area (Å²) < 4.78 is 0. The Balaban J connectivity index is 1.25. The molecule has 2 aromatic carbocycles. The molecular formula is C31H21N7O. The van der Waals surface area contributed by atoms with E-state index in [1.807, 2.05) is 54.6 Å². The molecule has 8 nitrogen and oxygen atoms in total. The van der Waals surface area contributed by atoms with Crippen molar-refractivity contribution in [2.24, 2.45) is 0 Å². The van der Waals surface area contributed by atoms with Gasteiger partial charge in [-0.25, -0.2) is 4.98 Å². The van der Waals surface area contributed by atoms with Gasteiger partial charge in [-0.15, -0.1) is 0 Å². The Kier molecular flexibility index (Phi) is 5.41. The van der Waals surface area contributed by atoms with Crippen molar-refractivity contribution in [2.45, 2.75) is 0 Å². The van der Waals surface area contributed by atoms with E-state index in [4.69, 9.17) is 0 Å². The Morgan fingerprint density at radius 2 is 1.62 bits per heavy atom. The van der Waals surface area contributed by atoms with E-state index >= 15 is 0 Å². The van der Waals surface area contributed by atoms with Gasteiger partial charge in [0.2, 0.25) is 0 Å². The largest absolute Gasteiger partial charge is 0.338 e.